The molecule has 2 rings (SSSR count). The third kappa shape index (κ3) is 5.77. The highest BCUT2D eigenvalue weighted by Crippen LogP contribution is 2.28. The summed E-state index contributed by atoms with van der Waals surface area (Å²) in [6.45, 7) is 8.39. The minimum atomic E-state index is -0.473. The Morgan fingerprint density at radius 1 is 1.22 bits per heavy atom. The minimum absolute atomic E-state index is 0.377. The fourth-order valence-electron chi connectivity index (χ4n) is 3.03. The van der Waals surface area contributed by atoms with Crippen molar-refractivity contribution in [1.82, 2.24) is 5.32 Å². The van der Waals surface area contributed by atoms with Gasteiger partial charge in [0, 0.05) is 18.3 Å². The summed E-state index contributed by atoms with van der Waals surface area (Å²) < 4.78 is 5.30. The fraction of sp³-hybridized carbons (Fsp3) is 0.632. The van der Waals surface area contributed by atoms with E-state index in [1.807, 2.05) is 39.0 Å². The van der Waals surface area contributed by atoms with Crippen molar-refractivity contribution in [2.75, 3.05) is 5.32 Å². The standard InChI is InChI=1S/C19H30N2O2/c1-14-9-5-7-11-16(14)21-17-12-8-6-10-15(17)13-20-18(22)23-19(2,3)4/h6,8,10,12,14,16,21H,5,7,9,11,13H2,1-4H3,(H,20,22). The maximum absolute atomic E-state index is 11.8. The van der Waals surface area contributed by atoms with Crippen LogP contribution in [-0.4, -0.2) is 17.7 Å². The summed E-state index contributed by atoms with van der Waals surface area (Å²) in [6.07, 6.45) is 4.75. The fourth-order valence-corrected chi connectivity index (χ4v) is 3.03. The van der Waals surface area contributed by atoms with Gasteiger partial charge in [-0.1, -0.05) is 38.0 Å². The Kier molecular flexibility index (Phi) is 5.91. The van der Waals surface area contributed by atoms with Crippen LogP contribution in [0.3, 0.4) is 0 Å². The van der Waals surface area contributed by atoms with Crippen molar-refractivity contribution >= 4 is 11.8 Å². The van der Waals surface area contributed by atoms with Crippen LogP contribution in [0, 0.1) is 5.92 Å². The number of carbonyl (C=O) groups is 1. The van der Waals surface area contributed by atoms with Crippen molar-refractivity contribution in [3.63, 3.8) is 0 Å². The average Bonchev–Trinajstić information content (AvgIpc) is 2.47. The molecule has 1 aliphatic carbocycles. The van der Waals surface area contributed by atoms with E-state index in [0.717, 1.165) is 11.3 Å². The normalized spacial score (nSPS) is 21.6. The molecule has 0 spiro atoms. The lowest BCUT2D eigenvalue weighted by molar-refractivity contribution is 0.0523. The number of ether oxygens (including phenoxy) is 1. The van der Waals surface area contributed by atoms with Crippen molar-refractivity contribution in [2.45, 2.75) is 71.6 Å². The number of amides is 1. The van der Waals surface area contributed by atoms with Gasteiger partial charge in [-0.2, -0.15) is 0 Å². The van der Waals surface area contributed by atoms with Crippen LogP contribution in [0.4, 0.5) is 10.5 Å². The van der Waals surface area contributed by atoms with Gasteiger partial charge in [0.1, 0.15) is 5.60 Å². The molecule has 0 aliphatic heterocycles. The number of para-hydroxylation sites is 1. The summed E-state index contributed by atoms with van der Waals surface area (Å²) in [5, 5.41) is 6.52. The van der Waals surface area contributed by atoms with Gasteiger partial charge < -0.3 is 15.4 Å². The number of rotatable bonds is 4. The van der Waals surface area contributed by atoms with E-state index in [1.54, 1.807) is 0 Å². The number of hydrogen-bond donors (Lipinski definition) is 2. The minimum Gasteiger partial charge on any atom is -0.444 e. The topological polar surface area (TPSA) is 50.4 Å². The molecule has 0 heterocycles. The first-order chi connectivity index (χ1) is 10.8. The summed E-state index contributed by atoms with van der Waals surface area (Å²) in [7, 11) is 0. The van der Waals surface area contributed by atoms with Gasteiger partial charge in [0.05, 0.1) is 0 Å². The van der Waals surface area contributed by atoms with Crippen molar-refractivity contribution in [3.8, 4) is 0 Å². The van der Waals surface area contributed by atoms with Gasteiger partial charge in [-0.05, 0) is 51.2 Å². The van der Waals surface area contributed by atoms with Crippen molar-refractivity contribution in [3.05, 3.63) is 29.8 Å². The third-order valence-corrected chi connectivity index (χ3v) is 4.29. The van der Waals surface area contributed by atoms with Gasteiger partial charge in [-0.25, -0.2) is 4.79 Å². The molecule has 2 N–H and O–H groups in total. The van der Waals surface area contributed by atoms with E-state index in [2.05, 4.69) is 23.6 Å². The van der Waals surface area contributed by atoms with Crippen LogP contribution in [0.15, 0.2) is 24.3 Å². The van der Waals surface area contributed by atoms with Crippen LogP contribution in [-0.2, 0) is 11.3 Å². The van der Waals surface area contributed by atoms with Crippen molar-refractivity contribution in [2.24, 2.45) is 5.92 Å². The van der Waals surface area contributed by atoms with Crippen molar-refractivity contribution in [1.29, 1.82) is 0 Å². The number of anilines is 1. The molecule has 0 saturated heterocycles. The molecule has 2 unspecified atom stereocenters. The lowest BCUT2D eigenvalue weighted by Gasteiger charge is -2.31. The molecule has 1 aromatic carbocycles. The van der Waals surface area contributed by atoms with Crippen LogP contribution in [0.5, 0.6) is 0 Å². The van der Waals surface area contributed by atoms with Crippen LogP contribution in [0.1, 0.15) is 58.9 Å². The second-order valence-electron chi connectivity index (χ2n) is 7.53. The lowest BCUT2D eigenvalue weighted by atomic mass is 9.85. The number of hydrogen-bond acceptors (Lipinski definition) is 3. The van der Waals surface area contributed by atoms with E-state index < -0.39 is 5.60 Å². The van der Waals surface area contributed by atoms with E-state index in [1.165, 1.54) is 25.7 Å². The zero-order valence-electron chi connectivity index (χ0n) is 14.8. The maximum atomic E-state index is 11.8. The summed E-state index contributed by atoms with van der Waals surface area (Å²) in [4.78, 5) is 11.8. The SMILES string of the molecule is CC1CCCCC1Nc1ccccc1CNC(=O)OC(C)(C)C. The lowest BCUT2D eigenvalue weighted by Crippen LogP contribution is -2.33. The average molecular weight is 318 g/mol. The van der Waals surface area contributed by atoms with Gasteiger partial charge in [-0.15, -0.1) is 0 Å². The highest BCUT2D eigenvalue weighted by Gasteiger charge is 2.22. The zero-order valence-corrected chi connectivity index (χ0v) is 14.8. The highest BCUT2D eigenvalue weighted by molar-refractivity contribution is 5.68. The maximum Gasteiger partial charge on any atom is 0.407 e. The molecule has 1 fully saturated rings. The molecule has 0 radical (unpaired) electrons. The van der Waals surface area contributed by atoms with Crippen LogP contribution >= 0.6 is 0 Å². The molecule has 1 aliphatic rings. The quantitative estimate of drug-likeness (QED) is 0.846. The molecule has 128 valence electrons. The Morgan fingerprint density at radius 3 is 2.61 bits per heavy atom. The monoisotopic (exact) mass is 318 g/mol. The first-order valence-corrected chi connectivity index (χ1v) is 8.66. The van der Waals surface area contributed by atoms with Crippen molar-refractivity contribution < 1.29 is 9.53 Å². The largest absolute Gasteiger partial charge is 0.444 e. The third-order valence-electron chi connectivity index (χ3n) is 4.29. The van der Waals surface area contributed by atoms with E-state index in [0.29, 0.717) is 18.5 Å². The second kappa shape index (κ2) is 7.71. The van der Waals surface area contributed by atoms with E-state index in [-0.39, 0.29) is 6.09 Å². The van der Waals surface area contributed by atoms with Gasteiger partial charge in [0.2, 0.25) is 0 Å². The molecule has 23 heavy (non-hydrogen) atoms. The van der Waals surface area contributed by atoms with Crippen LogP contribution in [0.25, 0.3) is 0 Å². The zero-order chi connectivity index (χ0) is 16.9. The molecular weight excluding hydrogens is 288 g/mol. The van der Waals surface area contributed by atoms with Crippen LogP contribution < -0.4 is 10.6 Å². The smallest absolute Gasteiger partial charge is 0.407 e. The first kappa shape index (κ1) is 17.6. The summed E-state index contributed by atoms with van der Waals surface area (Å²) in [5.74, 6) is 0.690. The molecule has 4 heteroatoms. The Balaban J connectivity index is 1.96. The predicted octanol–water partition coefficient (Wildman–Crippen LogP) is 4.70. The molecular formula is C19H30N2O2. The highest BCUT2D eigenvalue weighted by atomic mass is 16.6. The van der Waals surface area contributed by atoms with Gasteiger partial charge in [-0.3, -0.25) is 0 Å². The number of alkyl carbamates (subject to hydrolysis) is 1. The molecule has 0 aromatic heterocycles. The van der Waals surface area contributed by atoms with Gasteiger partial charge >= 0.3 is 6.09 Å². The number of carbonyl (C=O) groups excluding carboxylic acids is 1. The Hall–Kier alpha value is -1.71. The second-order valence-corrected chi connectivity index (χ2v) is 7.53. The Bertz CT molecular complexity index is 522. The molecule has 0 bridgehead atoms. The van der Waals surface area contributed by atoms with E-state index in [4.69, 9.17) is 4.74 Å². The van der Waals surface area contributed by atoms with Crippen LogP contribution in [0.2, 0.25) is 0 Å². The summed E-state index contributed by atoms with van der Waals surface area (Å²) >= 11 is 0. The first-order valence-electron chi connectivity index (χ1n) is 8.66. The molecule has 4 nitrogen and oxygen atoms in total. The molecule has 1 aromatic rings. The molecule has 1 saturated carbocycles. The van der Waals surface area contributed by atoms with Gasteiger partial charge in [0.15, 0.2) is 0 Å². The predicted molar refractivity (Wildman–Crippen MR) is 94.6 cm³/mol. The number of nitrogens with one attached hydrogen (secondary N) is 2. The Labute approximate surface area is 140 Å². The van der Waals surface area contributed by atoms with E-state index in [9.17, 15) is 4.79 Å². The summed E-state index contributed by atoms with van der Waals surface area (Å²) in [5.41, 5.74) is 1.73. The van der Waals surface area contributed by atoms with Gasteiger partial charge in [0.25, 0.3) is 0 Å². The molecule has 2 atom stereocenters. The number of benzene rings is 1. The molecule has 1 amide bonds. The van der Waals surface area contributed by atoms with E-state index >= 15 is 0 Å². The summed E-state index contributed by atoms with van der Waals surface area (Å²) in [6, 6.07) is 8.70. The Morgan fingerprint density at radius 2 is 1.91 bits per heavy atom.